The van der Waals surface area contributed by atoms with E-state index in [-0.39, 0.29) is 11.3 Å². The molecule has 1 unspecified atom stereocenters. The summed E-state index contributed by atoms with van der Waals surface area (Å²) in [6.07, 6.45) is 4.21. The van der Waals surface area contributed by atoms with Crippen molar-refractivity contribution in [2.75, 3.05) is 0 Å². The van der Waals surface area contributed by atoms with Crippen LogP contribution in [0.3, 0.4) is 0 Å². The van der Waals surface area contributed by atoms with Crippen LogP contribution >= 0.6 is 10.7 Å². The average Bonchev–Trinajstić information content (AvgIpc) is 2.00. The van der Waals surface area contributed by atoms with Crippen molar-refractivity contribution in [2.45, 2.75) is 58.1 Å². The Labute approximate surface area is 97.8 Å². The van der Waals surface area contributed by atoms with Crippen molar-refractivity contribution in [3.05, 3.63) is 0 Å². The van der Waals surface area contributed by atoms with Gasteiger partial charge in [0.1, 0.15) is 0 Å². The molecule has 4 heteroatoms. The highest BCUT2D eigenvalue weighted by molar-refractivity contribution is 8.14. The molecular formula is C11H21ClO2S. The molecule has 90 valence electrons. The van der Waals surface area contributed by atoms with Crippen molar-refractivity contribution in [1.29, 1.82) is 0 Å². The lowest BCUT2D eigenvalue weighted by molar-refractivity contribution is 0.156. The molecule has 0 radical (unpaired) electrons. The highest BCUT2D eigenvalue weighted by Gasteiger charge is 2.44. The summed E-state index contributed by atoms with van der Waals surface area (Å²) < 4.78 is 22.3. The third-order valence-electron chi connectivity index (χ3n) is 3.82. The number of hydrogen-bond donors (Lipinski definition) is 0. The Kier molecular flexibility index (Phi) is 3.48. The second-order valence-electron chi connectivity index (χ2n) is 6.00. The molecule has 0 saturated heterocycles. The number of rotatable bonds is 2. The quantitative estimate of drug-likeness (QED) is 0.705. The predicted molar refractivity (Wildman–Crippen MR) is 64.6 cm³/mol. The molecule has 15 heavy (non-hydrogen) atoms. The summed E-state index contributed by atoms with van der Waals surface area (Å²) in [7, 11) is 2.04. The first-order valence-electron chi connectivity index (χ1n) is 5.50. The summed E-state index contributed by atoms with van der Waals surface area (Å²) in [5, 5.41) is 0. The Morgan fingerprint density at radius 3 is 2.27 bits per heavy atom. The third kappa shape index (κ3) is 2.88. The van der Waals surface area contributed by atoms with Crippen molar-refractivity contribution < 1.29 is 8.42 Å². The van der Waals surface area contributed by atoms with Gasteiger partial charge in [0.15, 0.2) is 0 Å². The Bertz CT molecular complexity index is 330. The Balaban J connectivity index is 2.89. The van der Waals surface area contributed by atoms with Gasteiger partial charge < -0.3 is 0 Å². The Morgan fingerprint density at radius 2 is 1.87 bits per heavy atom. The third-order valence-corrected chi connectivity index (χ3v) is 6.60. The first-order chi connectivity index (χ1) is 6.56. The standard InChI is InChI=1S/C11H21ClO2S/c1-10(2)7-5-6-9(8-10)11(3,4)15(12,13)14/h9H,5-8H2,1-4H3. The summed E-state index contributed by atoms with van der Waals surface area (Å²) in [5.74, 6) is 0.184. The van der Waals surface area contributed by atoms with E-state index in [2.05, 4.69) is 13.8 Å². The van der Waals surface area contributed by atoms with E-state index in [1.807, 2.05) is 0 Å². The van der Waals surface area contributed by atoms with Crippen molar-refractivity contribution in [1.82, 2.24) is 0 Å². The van der Waals surface area contributed by atoms with E-state index in [0.29, 0.717) is 0 Å². The predicted octanol–water partition coefficient (Wildman–Crippen LogP) is 3.55. The van der Waals surface area contributed by atoms with Crippen LogP contribution in [0, 0.1) is 11.3 Å². The number of halogens is 1. The highest BCUT2D eigenvalue weighted by Crippen LogP contribution is 2.45. The van der Waals surface area contributed by atoms with E-state index in [0.717, 1.165) is 19.3 Å². The first-order valence-corrected chi connectivity index (χ1v) is 7.81. The molecule has 0 aliphatic heterocycles. The van der Waals surface area contributed by atoms with Gasteiger partial charge >= 0.3 is 0 Å². The van der Waals surface area contributed by atoms with Crippen LogP contribution in [0.5, 0.6) is 0 Å². The minimum absolute atomic E-state index is 0.184. The highest BCUT2D eigenvalue weighted by atomic mass is 35.7. The first kappa shape index (κ1) is 13.3. The van der Waals surface area contributed by atoms with Crippen LogP contribution in [0.15, 0.2) is 0 Å². The van der Waals surface area contributed by atoms with E-state index >= 15 is 0 Å². The van der Waals surface area contributed by atoms with E-state index in [1.165, 1.54) is 6.42 Å². The second kappa shape index (κ2) is 3.92. The fourth-order valence-electron chi connectivity index (χ4n) is 2.49. The van der Waals surface area contributed by atoms with Crippen LogP contribution in [0.4, 0.5) is 0 Å². The monoisotopic (exact) mass is 252 g/mol. The molecule has 1 atom stereocenters. The van der Waals surface area contributed by atoms with Crippen LogP contribution < -0.4 is 0 Å². The minimum atomic E-state index is -3.48. The van der Waals surface area contributed by atoms with Gasteiger partial charge in [-0.15, -0.1) is 0 Å². The van der Waals surface area contributed by atoms with Crippen LogP contribution in [0.1, 0.15) is 53.4 Å². The van der Waals surface area contributed by atoms with Gasteiger partial charge in [0, 0.05) is 10.7 Å². The van der Waals surface area contributed by atoms with Gasteiger partial charge in [-0.2, -0.15) is 0 Å². The van der Waals surface area contributed by atoms with Crippen LogP contribution in [-0.2, 0) is 9.05 Å². The van der Waals surface area contributed by atoms with Crippen LogP contribution in [0.25, 0.3) is 0 Å². The molecule has 1 aliphatic rings. The number of hydrogen-bond acceptors (Lipinski definition) is 2. The molecule has 2 nitrogen and oxygen atoms in total. The van der Waals surface area contributed by atoms with Gasteiger partial charge in [-0.25, -0.2) is 8.42 Å². The lowest BCUT2D eigenvalue weighted by atomic mass is 9.69. The lowest BCUT2D eigenvalue weighted by Crippen LogP contribution is -2.41. The zero-order chi connectivity index (χ0) is 11.9. The molecule has 1 rings (SSSR count). The molecule has 1 fully saturated rings. The van der Waals surface area contributed by atoms with Crippen LogP contribution in [-0.4, -0.2) is 13.2 Å². The van der Waals surface area contributed by atoms with Crippen molar-refractivity contribution >= 4 is 19.7 Å². The van der Waals surface area contributed by atoms with Crippen molar-refractivity contribution in [3.63, 3.8) is 0 Å². The topological polar surface area (TPSA) is 34.1 Å². The largest absolute Gasteiger partial charge is 0.238 e. The molecule has 1 saturated carbocycles. The maximum absolute atomic E-state index is 11.5. The van der Waals surface area contributed by atoms with Crippen LogP contribution in [0.2, 0.25) is 0 Å². The van der Waals surface area contributed by atoms with E-state index < -0.39 is 13.8 Å². The van der Waals surface area contributed by atoms with Gasteiger partial charge in [0.2, 0.25) is 9.05 Å². The Morgan fingerprint density at radius 1 is 1.33 bits per heavy atom. The summed E-state index contributed by atoms with van der Waals surface area (Å²) in [6, 6.07) is 0. The molecule has 0 spiro atoms. The summed E-state index contributed by atoms with van der Waals surface area (Å²) >= 11 is 0. The van der Waals surface area contributed by atoms with Gasteiger partial charge in [-0.1, -0.05) is 20.3 Å². The van der Waals surface area contributed by atoms with Crippen molar-refractivity contribution in [2.24, 2.45) is 11.3 Å². The van der Waals surface area contributed by atoms with E-state index in [4.69, 9.17) is 10.7 Å². The SMILES string of the molecule is CC1(C)CCCC(C(C)(C)S(=O)(=O)Cl)C1. The van der Waals surface area contributed by atoms with E-state index in [9.17, 15) is 8.42 Å². The Hall–Kier alpha value is 0.240. The van der Waals surface area contributed by atoms with Gasteiger partial charge in [0.25, 0.3) is 0 Å². The molecule has 0 aromatic carbocycles. The summed E-state index contributed by atoms with van der Waals surface area (Å²) in [6.45, 7) is 7.91. The molecule has 0 heterocycles. The zero-order valence-corrected chi connectivity index (χ0v) is 11.6. The minimum Gasteiger partial charge on any atom is -0.212 e. The molecule has 1 aliphatic carbocycles. The lowest BCUT2D eigenvalue weighted by Gasteiger charge is -2.41. The summed E-state index contributed by atoms with van der Waals surface area (Å²) in [4.78, 5) is 0. The fraction of sp³-hybridized carbons (Fsp3) is 1.00. The molecule has 0 bridgehead atoms. The molecule has 0 N–H and O–H groups in total. The van der Waals surface area contributed by atoms with E-state index in [1.54, 1.807) is 13.8 Å². The van der Waals surface area contributed by atoms with Gasteiger partial charge in [-0.05, 0) is 44.4 Å². The zero-order valence-electron chi connectivity index (χ0n) is 10.0. The molecule has 0 aromatic heterocycles. The normalized spacial score (nSPS) is 27.7. The smallest absolute Gasteiger partial charge is 0.212 e. The van der Waals surface area contributed by atoms with Crippen molar-refractivity contribution in [3.8, 4) is 0 Å². The fourth-order valence-corrected chi connectivity index (χ4v) is 3.47. The maximum atomic E-state index is 11.5. The molecule has 0 aromatic rings. The van der Waals surface area contributed by atoms with Gasteiger partial charge in [0.05, 0.1) is 4.75 Å². The second-order valence-corrected chi connectivity index (χ2v) is 9.15. The summed E-state index contributed by atoms with van der Waals surface area (Å²) in [5.41, 5.74) is 0.252. The van der Waals surface area contributed by atoms with Gasteiger partial charge in [-0.3, -0.25) is 0 Å². The maximum Gasteiger partial charge on any atom is 0.238 e. The molecular weight excluding hydrogens is 232 g/mol. The average molecular weight is 253 g/mol. The molecule has 0 amide bonds.